The molecule has 3 rings (SSSR count). The molecule has 108 valence electrons. The Balaban J connectivity index is 1.58. The van der Waals surface area contributed by atoms with E-state index in [1.165, 1.54) is 10.6 Å². The highest BCUT2D eigenvalue weighted by Gasteiger charge is 2.31. The number of hydrogen-bond acceptors (Lipinski definition) is 5. The molecule has 0 saturated carbocycles. The summed E-state index contributed by atoms with van der Waals surface area (Å²) in [6, 6.07) is 2.08. The molecule has 2 aromatic heterocycles. The van der Waals surface area contributed by atoms with Crippen LogP contribution in [0.1, 0.15) is 30.0 Å². The van der Waals surface area contributed by atoms with Gasteiger partial charge in [-0.1, -0.05) is 0 Å². The highest BCUT2D eigenvalue weighted by Crippen LogP contribution is 2.33. The van der Waals surface area contributed by atoms with E-state index in [1.54, 1.807) is 11.3 Å². The standard InChI is InChI=1S/C14H20N4OS/c1-2-18-13(3-5-17-18)14-11(4-6-19-14)7-15-8-12-9-16-10-20-12/h3,5,9-11,14-15H,2,4,6-8H2,1H3/t11-,14+/m0/s1. The van der Waals surface area contributed by atoms with Crippen molar-refractivity contribution in [1.82, 2.24) is 20.1 Å². The molecule has 2 aromatic rings. The van der Waals surface area contributed by atoms with Crippen LogP contribution in [0.4, 0.5) is 0 Å². The quantitative estimate of drug-likeness (QED) is 0.887. The van der Waals surface area contributed by atoms with Crippen molar-refractivity contribution in [1.29, 1.82) is 0 Å². The van der Waals surface area contributed by atoms with Crippen LogP contribution >= 0.6 is 11.3 Å². The third-order valence-electron chi connectivity index (χ3n) is 3.74. The van der Waals surface area contributed by atoms with Crippen LogP contribution in [0.2, 0.25) is 0 Å². The molecule has 2 atom stereocenters. The van der Waals surface area contributed by atoms with E-state index in [1.807, 2.05) is 22.6 Å². The summed E-state index contributed by atoms with van der Waals surface area (Å²) in [5.74, 6) is 0.518. The Morgan fingerprint density at radius 1 is 1.55 bits per heavy atom. The third kappa shape index (κ3) is 2.92. The molecule has 0 aliphatic carbocycles. The highest BCUT2D eigenvalue weighted by molar-refractivity contribution is 7.09. The van der Waals surface area contributed by atoms with E-state index in [0.717, 1.165) is 32.7 Å². The number of ether oxygens (including phenoxy) is 1. The van der Waals surface area contributed by atoms with Crippen LogP contribution in [0.25, 0.3) is 0 Å². The molecule has 1 saturated heterocycles. The van der Waals surface area contributed by atoms with Gasteiger partial charge < -0.3 is 10.1 Å². The minimum atomic E-state index is 0.173. The average molecular weight is 292 g/mol. The van der Waals surface area contributed by atoms with E-state index in [0.29, 0.717) is 5.92 Å². The maximum atomic E-state index is 5.93. The van der Waals surface area contributed by atoms with Crippen molar-refractivity contribution in [2.75, 3.05) is 13.2 Å². The topological polar surface area (TPSA) is 52.0 Å². The lowest BCUT2D eigenvalue weighted by Crippen LogP contribution is -2.25. The Bertz CT molecular complexity index is 525. The summed E-state index contributed by atoms with van der Waals surface area (Å²) < 4.78 is 7.96. The zero-order valence-corrected chi connectivity index (χ0v) is 12.5. The van der Waals surface area contributed by atoms with Crippen LogP contribution in [0, 0.1) is 5.92 Å². The first-order valence-electron chi connectivity index (χ1n) is 7.10. The normalized spacial score (nSPS) is 22.4. The fraction of sp³-hybridized carbons (Fsp3) is 0.571. The van der Waals surface area contributed by atoms with E-state index in [2.05, 4.69) is 28.4 Å². The first-order valence-corrected chi connectivity index (χ1v) is 7.98. The molecule has 1 N–H and O–H groups in total. The molecular formula is C14H20N4OS. The number of nitrogens with one attached hydrogen (secondary N) is 1. The lowest BCUT2D eigenvalue weighted by Gasteiger charge is -2.19. The summed E-state index contributed by atoms with van der Waals surface area (Å²) in [7, 11) is 0. The average Bonchev–Trinajstić information content (AvgIpc) is 3.19. The van der Waals surface area contributed by atoms with Crippen molar-refractivity contribution in [3.63, 3.8) is 0 Å². The predicted molar refractivity (Wildman–Crippen MR) is 78.5 cm³/mol. The fourth-order valence-electron chi connectivity index (χ4n) is 2.73. The summed E-state index contributed by atoms with van der Waals surface area (Å²) in [6.07, 6.45) is 5.07. The molecule has 0 unspecified atom stereocenters. The third-order valence-corrected chi connectivity index (χ3v) is 4.52. The van der Waals surface area contributed by atoms with Gasteiger partial charge in [-0.15, -0.1) is 11.3 Å². The van der Waals surface area contributed by atoms with Crippen molar-refractivity contribution in [3.05, 3.63) is 34.5 Å². The molecule has 0 spiro atoms. The largest absolute Gasteiger partial charge is 0.372 e. The van der Waals surface area contributed by atoms with Crippen LogP contribution in [-0.4, -0.2) is 27.9 Å². The van der Waals surface area contributed by atoms with E-state index in [-0.39, 0.29) is 6.10 Å². The van der Waals surface area contributed by atoms with Gasteiger partial charge in [0, 0.05) is 49.4 Å². The molecule has 0 amide bonds. The fourth-order valence-corrected chi connectivity index (χ4v) is 3.29. The Kier molecular flexibility index (Phi) is 4.44. The SMILES string of the molecule is CCn1nccc1[C@@H]1OCC[C@H]1CNCc1cncs1. The number of nitrogens with zero attached hydrogens (tertiary/aromatic N) is 3. The lowest BCUT2D eigenvalue weighted by atomic mass is 9.99. The Morgan fingerprint density at radius 3 is 3.30 bits per heavy atom. The van der Waals surface area contributed by atoms with E-state index in [9.17, 15) is 0 Å². The minimum absolute atomic E-state index is 0.173. The number of hydrogen-bond donors (Lipinski definition) is 1. The monoisotopic (exact) mass is 292 g/mol. The van der Waals surface area contributed by atoms with E-state index < -0.39 is 0 Å². The second-order valence-electron chi connectivity index (χ2n) is 5.01. The van der Waals surface area contributed by atoms with Crippen LogP contribution in [0.15, 0.2) is 24.0 Å². The van der Waals surface area contributed by atoms with Gasteiger partial charge in [-0.05, 0) is 19.4 Å². The van der Waals surface area contributed by atoms with Gasteiger partial charge in [0.05, 0.1) is 11.2 Å². The van der Waals surface area contributed by atoms with Crippen molar-refractivity contribution in [2.24, 2.45) is 5.92 Å². The molecule has 5 nitrogen and oxygen atoms in total. The molecule has 1 fully saturated rings. The van der Waals surface area contributed by atoms with Crippen molar-refractivity contribution in [3.8, 4) is 0 Å². The Hall–Kier alpha value is -1.24. The van der Waals surface area contributed by atoms with Crippen LogP contribution < -0.4 is 5.32 Å². The summed E-state index contributed by atoms with van der Waals surface area (Å²) in [5.41, 5.74) is 3.08. The van der Waals surface area contributed by atoms with E-state index in [4.69, 9.17) is 4.74 Å². The summed E-state index contributed by atoms with van der Waals surface area (Å²) in [6.45, 7) is 5.70. The van der Waals surface area contributed by atoms with Crippen LogP contribution in [0.3, 0.4) is 0 Å². The summed E-state index contributed by atoms with van der Waals surface area (Å²) >= 11 is 1.69. The predicted octanol–water partition coefficient (Wildman–Crippen LogP) is 2.23. The number of rotatable bonds is 6. The molecule has 1 aliphatic rings. The van der Waals surface area contributed by atoms with Gasteiger partial charge in [-0.3, -0.25) is 9.67 Å². The molecule has 6 heteroatoms. The zero-order chi connectivity index (χ0) is 13.8. The van der Waals surface area contributed by atoms with E-state index >= 15 is 0 Å². The first kappa shape index (κ1) is 13.7. The van der Waals surface area contributed by atoms with Gasteiger partial charge >= 0.3 is 0 Å². The summed E-state index contributed by atoms with van der Waals surface area (Å²) in [5, 5.41) is 7.86. The van der Waals surface area contributed by atoms with Crippen LogP contribution in [-0.2, 0) is 17.8 Å². The number of aryl methyl sites for hydroxylation is 1. The molecular weight excluding hydrogens is 272 g/mol. The Morgan fingerprint density at radius 2 is 2.50 bits per heavy atom. The molecule has 3 heterocycles. The maximum Gasteiger partial charge on any atom is 0.103 e. The first-order chi connectivity index (χ1) is 9.88. The molecule has 0 bridgehead atoms. The minimum Gasteiger partial charge on any atom is -0.372 e. The molecule has 1 aliphatic heterocycles. The summed E-state index contributed by atoms with van der Waals surface area (Å²) in [4.78, 5) is 5.37. The second-order valence-corrected chi connectivity index (χ2v) is 5.98. The van der Waals surface area contributed by atoms with Gasteiger partial charge in [0.15, 0.2) is 0 Å². The highest BCUT2D eigenvalue weighted by atomic mass is 32.1. The second kappa shape index (κ2) is 6.47. The smallest absolute Gasteiger partial charge is 0.103 e. The van der Waals surface area contributed by atoms with Gasteiger partial charge in [-0.2, -0.15) is 5.10 Å². The maximum absolute atomic E-state index is 5.93. The van der Waals surface area contributed by atoms with Gasteiger partial charge in [0.2, 0.25) is 0 Å². The van der Waals surface area contributed by atoms with Gasteiger partial charge in [0.1, 0.15) is 6.10 Å². The van der Waals surface area contributed by atoms with Crippen LogP contribution in [0.5, 0.6) is 0 Å². The number of thiazole rings is 1. The van der Waals surface area contributed by atoms with Crippen molar-refractivity contribution in [2.45, 2.75) is 32.5 Å². The van der Waals surface area contributed by atoms with Gasteiger partial charge in [-0.25, -0.2) is 0 Å². The van der Waals surface area contributed by atoms with Crippen molar-refractivity contribution < 1.29 is 4.74 Å². The lowest BCUT2D eigenvalue weighted by molar-refractivity contribution is 0.0830. The molecule has 0 radical (unpaired) electrons. The van der Waals surface area contributed by atoms with Gasteiger partial charge in [0.25, 0.3) is 0 Å². The van der Waals surface area contributed by atoms with Crippen molar-refractivity contribution >= 4 is 11.3 Å². The molecule has 20 heavy (non-hydrogen) atoms. The Labute approximate surface area is 123 Å². The molecule has 0 aromatic carbocycles. The number of aromatic nitrogens is 3. The zero-order valence-electron chi connectivity index (χ0n) is 11.7.